The fourth-order valence-corrected chi connectivity index (χ4v) is 2.26. The number of halogens is 3. The molecule has 1 aliphatic rings. The highest BCUT2D eigenvalue weighted by atomic mass is 19.4. The average molecular weight is 258 g/mol. The van der Waals surface area contributed by atoms with Crippen LogP contribution in [0.3, 0.4) is 0 Å². The quantitative estimate of drug-likeness (QED) is 0.867. The highest BCUT2D eigenvalue weighted by Crippen LogP contribution is 2.34. The highest BCUT2D eigenvalue weighted by molar-refractivity contribution is 5.52. The first-order chi connectivity index (χ1) is 8.57. The second-order valence-electron chi connectivity index (χ2n) is 4.62. The SMILES string of the molecule is FC(F)(F)c1ccccc1NCCC1CCNC1. The van der Waals surface area contributed by atoms with Crippen LogP contribution in [-0.2, 0) is 6.18 Å². The van der Waals surface area contributed by atoms with Crippen LogP contribution >= 0.6 is 0 Å². The Hall–Kier alpha value is -1.23. The minimum absolute atomic E-state index is 0.177. The molecule has 100 valence electrons. The molecule has 0 bridgehead atoms. The molecule has 0 aliphatic carbocycles. The summed E-state index contributed by atoms with van der Waals surface area (Å²) < 4.78 is 38.2. The first-order valence-electron chi connectivity index (χ1n) is 6.18. The number of hydrogen-bond acceptors (Lipinski definition) is 2. The Morgan fingerprint density at radius 3 is 2.72 bits per heavy atom. The molecular weight excluding hydrogens is 241 g/mol. The molecule has 0 radical (unpaired) electrons. The van der Waals surface area contributed by atoms with Crippen LogP contribution in [0.4, 0.5) is 18.9 Å². The van der Waals surface area contributed by atoms with Crippen molar-refractivity contribution in [3.63, 3.8) is 0 Å². The summed E-state index contributed by atoms with van der Waals surface area (Å²) in [5, 5.41) is 6.15. The molecule has 2 nitrogen and oxygen atoms in total. The summed E-state index contributed by atoms with van der Waals surface area (Å²) in [5.41, 5.74) is -0.412. The third-order valence-corrected chi connectivity index (χ3v) is 3.26. The van der Waals surface area contributed by atoms with Crippen molar-refractivity contribution >= 4 is 5.69 Å². The van der Waals surface area contributed by atoms with E-state index in [-0.39, 0.29) is 5.69 Å². The number of anilines is 1. The Balaban J connectivity index is 1.92. The van der Waals surface area contributed by atoms with E-state index in [2.05, 4.69) is 10.6 Å². The largest absolute Gasteiger partial charge is 0.418 e. The molecule has 2 rings (SSSR count). The van der Waals surface area contributed by atoms with Crippen LogP contribution in [0, 0.1) is 5.92 Å². The molecule has 1 unspecified atom stereocenters. The predicted molar refractivity (Wildman–Crippen MR) is 65.5 cm³/mol. The summed E-state index contributed by atoms with van der Waals surface area (Å²) in [5.74, 6) is 0.579. The lowest BCUT2D eigenvalue weighted by molar-refractivity contribution is -0.136. The van der Waals surface area contributed by atoms with Gasteiger partial charge in [-0.3, -0.25) is 0 Å². The molecule has 1 aliphatic heterocycles. The van der Waals surface area contributed by atoms with Crippen molar-refractivity contribution in [1.82, 2.24) is 5.32 Å². The Morgan fingerprint density at radius 2 is 2.06 bits per heavy atom. The van der Waals surface area contributed by atoms with Gasteiger partial charge in [-0.2, -0.15) is 13.2 Å². The first-order valence-corrected chi connectivity index (χ1v) is 6.18. The van der Waals surface area contributed by atoms with Gasteiger partial charge in [-0.15, -0.1) is 0 Å². The van der Waals surface area contributed by atoms with E-state index in [9.17, 15) is 13.2 Å². The number of alkyl halides is 3. The summed E-state index contributed by atoms with van der Waals surface area (Å²) >= 11 is 0. The van der Waals surface area contributed by atoms with Gasteiger partial charge < -0.3 is 10.6 Å². The van der Waals surface area contributed by atoms with Crippen LogP contribution in [0.5, 0.6) is 0 Å². The minimum atomic E-state index is -4.29. The molecule has 1 aromatic carbocycles. The zero-order valence-electron chi connectivity index (χ0n) is 10.1. The monoisotopic (exact) mass is 258 g/mol. The molecule has 5 heteroatoms. The lowest BCUT2D eigenvalue weighted by Gasteiger charge is -2.15. The van der Waals surface area contributed by atoms with Crippen molar-refractivity contribution in [2.24, 2.45) is 5.92 Å². The number of nitrogens with one attached hydrogen (secondary N) is 2. The van der Waals surface area contributed by atoms with Gasteiger partial charge >= 0.3 is 6.18 Å². The summed E-state index contributed by atoms with van der Waals surface area (Å²) in [4.78, 5) is 0. The normalized spacial score (nSPS) is 20.1. The van der Waals surface area contributed by atoms with Crippen molar-refractivity contribution in [3.05, 3.63) is 29.8 Å². The standard InChI is InChI=1S/C13H17F3N2/c14-13(15,16)11-3-1-2-4-12(11)18-8-6-10-5-7-17-9-10/h1-4,10,17-18H,5-9H2. The third kappa shape index (κ3) is 3.38. The van der Waals surface area contributed by atoms with Gasteiger partial charge in [0.05, 0.1) is 5.56 Å². The number of benzene rings is 1. The molecule has 1 fully saturated rings. The molecule has 1 saturated heterocycles. The molecule has 2 N–H and O–H groups in total. The van der Waals surface area contributed by atoms with Crippen LogP contribution in [0.25, 0.3) is 0 Å². The smallest absolute Gasteiger partial charge is 0.385 e. The van der Waals surface area contributed by atoms with Crippen LogP contribution < -0.4 is 10.6 Å². The van der Waals surface area contributed by atoms with Crippen LogP contribution in [-0.4, -0.2) is 19.6 Å². The Bertz CT molecular complexity index is 384. The maximum atomic E-state index is 12.7. The topological polar surface area (TPSA) is 24.1 Å². The van der Waals surface area contributed by atoms with Crippen molar-refractivity contribution in [3.8, 4) is 0 Å². The van der Waals surface area contributed by atoms with Crippen molar-refractivity contribution in [2.45, 2.75) is 19.0 Å². The van der Waals surface area contributed by atoms with Gasteiger partial charge in [-0.25, -0.2) is 0 Å². The average Bonchev–Trinajstić information content (AvgIpc) is 2.81. The van der Waals surface area contributed by atoms with E-state index in [1.165, 1.54) is 12.1 Å². The van der Waals surface area contributed by atoms with Gasteiger partial charge in [0, 0.05) is 12.2 Å². The molecule has 0 spiro atoms. The molecule has 1 aromatic rings. The molecule has 1 atom stereocenters. The number of para-hydroxylation sites is 1. The van der Waals surface area contributed by atoms with E-state index in [4.69, 9.17) is 0 Å². The summed E-state index contributed by atoms with van der Waals surface area (Å²) in [6.45, 7) is 2.58. The Labute approximate surface area is 105 Å². The third-order valence-electron chi connectivity index (χ3n) is 3.26. The van der Waals surface area contributed by atoms with E-state index in [1.807, 2.05) is 0 Å². The summed E-state index contributed by atoms with van der Waals surface area (Å²) in [6.07, 6.45) is -2.28. The maximum absolute atomic E-state index is 12.7. The van der Waals surface area contributed by atoms with Crippen LogP contribution in [0.2, 0.25) is 0 Å². The summed E-state index contributed by atoms with van der Waals surface area (Å²) in [7, 11) is 0. The molecule has 0 saturated carbocycles. The van der Waals surface area contributed by atoms with Crippen LogP contribution in [0.15, 0.2) is 24.3 Å². The highest BCUT2D eigenvalue weighted by Gasteiger charge is 2.33. The van der Waals surface area contributed by atoms with E-state index in [0.717, 1.165) is 32.0 Å². The molecule has 1 heterocycles. The second-order valence-corrected chi connectivity index (χ2v) is 4.62. The van der Waals surface area contributed by atoms with Gasteiger partial charge in [-0.05, 0) is 44.0 Å². The number of hydrogen-bond donors (Lipinski definition) is 2. The maximum Gasteiger partial charge on any atom is 0.418 e. The van der Waals surface area contributed by atoms with E-state index < -0.39 is 11.7 Å². The van der Waals surface area contributed by atoms with E-state index >= 15 is 0 Å². The van der Waals surface area contributed by atoms with Crippen molar-refractivity contribution < 1.29 is 13.2 Å². The molecule has 0 aromatic heterocycles. The minimum Gasteiger partial charge on any atom is -0.385 e. The van der Waals surface area contributed by atoms with Gasteiger partial charge in [0.2, 0.25) is 0 Å². The molecule has 18 heavy (non-hydrogen) atoms. The van der Waals surface area contributed by atoms with Gasteiger partial charge in [0.15, 0.2) is 0 Å². The van der Waals surface area contributed by atoms with Gasteiger partial charge in [0.25, 0.3) is 0 Å². The fourth-order valence-electron chi connectivity index (χ4n) is 2.26. The lowest BCUT2D eigenvalue weighted by atomic mass is 10.0. The molecule has 0 amide bonds. The summed E-state index contributed by atoms with van der Waals surface area (Å²) in [6, 6.07) is 5.62. The zero-order valence-corrected chi connectivity index (χ0v) is 10.1. The first kappa shape index (κ1) is 13.2. The predicted octanol–water partition coefficient (Wildman–Crippen LogP) is 3.12. The molecular formula is C13H17F3N2. The second kappa shape index (κ2) is 5.61. The Morgan fingerprint density at radius 1 is 1.28 bits per heavy atom. The van der Waals surface area contributed by atoms with Crippen molar-refractivity contribution in [1.29, 1.82) is 0 Å². The lowest BCUT2D eigenvalue weighted by Crippen LogP contribution is -2.15. The van der Waals surface area contributed by atoms with E-state index in [0.29, 0.717) is 12.5 Å². The zero-order chi connectivity index (χ0) is 13.0. The van der Waals surface area contributed by atoms with Crippen molar-refractivity contribution in [2.75, 3.05) is 25.0 Å². The van der Waals surface area contributed by atoms with Gasteiger partial charge in [-0.1, -0.05) is 12.1 Å². The van der Waals surface area contributed by atoms with Gasteiger partial charge in [0.1, 0.15) is 0 Å². The Kier molecular flexibility index (Phi) is 4.11. The number of rotatable bonds is 4. The fraction of sp³-hybridized carbons (Fsp3) is 0.538. The van der Waals surface area contributed by atoms with Crippen LogP contribution in [0.1, 0.15) is 18.4 Å². The van der Waals surface area contributed by atoms with E-state index in [1.54, 1.807) is 6.07 Å².